The number of amides is 3. The molecule has 1 fully saturated rings. The van der Waals surface area contributed by atoms with Crippen LogP contribution in [-0.2, 0) is 20.7 Å². The van der Waals surface area contributed by atoms with Gasteiger partial charge in [-0.15, -0.1) is 0 Å². The predicted molar refractivity (Wildman–Crippen MR) is 119 cm³/mol. The Labute approximate surface area is 184 Å². The molecule has 1 aromatic rings. The van der Waals surface area contributed by atoms with E-state index in [0.717, 1.165) is 17.8 Å². The standard InChI is InChI=1S/C23H34N4O4/c1-23(2,3)31-22(30)24-14-18-15-26(4)11-12-27(18)20(28)10-9-17-13-16-7-5-6-8-19(16)25-21(17)29/h5-8,17-18H,9-15H2,1-4H3,(H,24,30)(H,25,29). The summed E-state index contributed by atoms with van der Waals surface area (Å²) in [4.78, 5) is 41.5. The topological polar surface area (TPSA) is 91.0 Å². The van der Waals surface area contributed by atoms with Gasteiger partial charge in [0.2, 0.25) is 11.8 Å². The number of benzene rings is 1. The zero-order chi connectivity index (χ0) is 22.6. The zero-order valence-corrected chi connectivity index (χ0v) is 18.9. The van der Waals surface area contributed by atoms with Crippen molar-refractivity contribution in [1.29, 1.82) is 0 Å². The second-order valence-corrected chi connectivity index (χ2v) is 9.47. The highest BCUT2D eigenvalue weighted by Gasteiger charge is 2.32. The molecular weight excluding hydrogens is 396 g/mol. The number of hydrogen-bond acceptors (Lipinski definition) is 5. The van der Waals surface area contributed by atoms with E-state index >= 15 is 0 Å². The first-order chi connectivity index (χ1) is 14.6. The van der Waals surface area contributed by atoms with Crippen LogP contribution in [0.2, 0.25) is 0 Å². The minimum Gasteiger partial charge on any atom is -0.444 e. The molecule has 2 atom stereocenters. The van der Waals surface area contributed by atoms with Crippen LogP contribution in [-0.4, -0.2) is 72.6 Å². The van der Waals surface area contributed by atoms with E-state index in [1.54, 1.807) is 0 Å². The molecule has 170 valence electrons. The van der Waals surface area contributed by atoms with Gasteiger partial charge in [0, 0.05) is 44.2 Å². The molecule has 2 unspecified atom stereocenters. The molecule has 3 amide bonds. The van der Waals surface area contributed by atoms with E-state index in [2.05, 4.69) is 15.5 Å². The Balaban J connectivity index is 1.55. The number of alkyl carbamates (subject to hydrolysis) is 1. The number of carbonyl (C=O) groups excluding carboxylic acids is 3. The zero-order valence-electron chi connectivity index (χ0n) is 18.9. The number of ether oxygens (including phenoxy) is 1. The number of rotatable bonds is 5. The van der Waals surface area contributed by atoms with Crippen LogP contribution in [0.4, 0.5) is 10.5 Å². The summed E-state index contributed by atoms with van der Waals surface area (Å²) < 4.78 is 5.31. The van der Waals surface area contributed by atoms with Crippen molar-refractivity contribution in [3.8, 4) is 0 Å². The van der Waals surface area contributed by atoms with Crippen LogP contribution in [0, 0.1) is 5.92 Å². The predicted octanol–water partition coefficient (Wildman–Crippen LogP) is 2.24. The van der Waals surface area contributed by atoms with E-state index in [-0.39, 0.29) is 23.8 Å². The highest BCUT2D eigenvalue weighted by atomic mass is 16.6. The molecular formula is C23H34N4O4. The molecule has 0 bridgehead atoms. The molecule has 0 aliphatic carbocycles. The van der Waals surface area contributed by atoms with Gasteiger partial charge in [-0.05, 0) is 52.3 Å². The van der Waals surface area contributed by atoms with E-state index in [0.29, 0.717) is 38.9 Å². The summed E-state index contributed by atoms with van der Waals surface area (Å²) >= 11 is 0. The van der Waals surface area contributed by atoms with E-state index < -0.39 is 11.7 Å². The Kier molecular flexibility index (Phi) is 7.20. The van der Waals surface area contributed by atoms with Gasteiger partial charge in [0.1, 0.15) is 5.60 Å². The van der Waals surface area contributed by atoms with Gasteiger partial charge in [-0.1, -0.05) is 18.2 Å². The normalized spacial score (nSPS) is 21.8. The van der Waals surface area contributed by atoms with Gasteiger partial charge in [-0.2, -0.15) is 0 Å². The third kappa shape index (κ3) is 6.43. The molecule has 1 aromatic carbocycles. The largest absolute Gasteiger partial charge is 0.444 e. The summed E-state index contributed by atoms with van der Waals surface area (Å²) in [5.74, 6) is -0.201. The van der Waals surface area contributed by atoms with Crippen molar-refractivity contribution < 1.29 is 19.1 Å². The van der Waals surface area contributed by atoms with E-state index in [4.69, 9.17) is 4.74 Å². The minimum atomic E-state index is -0.567. The fourth-order valence-electron chi connectivity index (χ4n) is 4.12. The van der Waals surface area contributed by atoms with Crippen molar-refractivity contribution >= 4 is 23.6 Å². The first-order valence-electron chi connectivity index (χ1n) is 11.0. The number of fused-ring (bicyclic) bond motifs is 1. The van der Waals surface area contributed by atoms with E-state index in [9.17, 15) is 14.4 Å². The molecule has 8 nitrogen and oxygen atoms in total. The van der Waals surface area contributed by atoms with Gasteiger partial charge < -0.3 is 25.2 Å². The summed E-state index contributed by atoms with van der Waals surface area (Å²) in [6.07, 6.45) is 0.997. The van der Waals surface area contributed by atoms with Gasteiger partial charge >= 0.3 is 6.09 Å². The SMILES string of the molecule is CN1CCN(C(=O)CCC2Cc3ccccc3NC2=O)C(CNC(=O)OC(C)(C)C)C1. The van der Waals surface area contributed by atoms with Crippen molar-refractivity contribution in [3.05, 3.63) is 29.8 Å². The molecule has 2 N–H and O–H groups in total. The Bertz CT molecular complexity index is 820. The van der Waals surface area contributed by atoms with Crippen molar-refractivity contribution in [1.82, 2.24) is 15.1 Å². The van der Waals surface area contributed by atoms with Crippen LogP contribution >= 0.6 is 0 Å². The Morgan fingerprint density at radius 1 is 1.23 bits per heavy atom. The van der Waals surface area contributed by atoms with E-state index in [1.165, 1.54) is 0 Å². The third-order valence-electron chi connectivity index (χ3n) is 5.71. The van der Waals surface area contributed by atoms with Crippen LogP contribution in [0.25, 0.3) is 0 Å². The van der Waals surface area contributed by atoms with Crippen LogP contribution in [0.5, 0.6) is 0 Å². The maximum Gasteiger partial charge on any atom is 0.407 e. The van der Waals surface area contributed by atoms with Crippen LogP contribution in [0.3, 0.4) is 0 Å². The number of carbonyl (C=O) groups is 3. The lowest BCUT2D eigenvalue weighted by atomic mass is 9.89. The number of piperazine rings is 1. The van der Waals surface area contributed by atoms with Crippen LogP contribution in [0.15, 0.2) is 24.3 Å². The number of hydrogen-bond donors (Lipinski definition) is 2. The van der Waals surface area contributed by atoms with Crippen molar-refractivity contribution in [2.24, 2.45) is 5.92 Å². The van der Waals surface area contributed by atoms with Gasteiger partial charge in [0.25, 0.3) is 0 Å². The summed E-state index contributed by atoms with van der Waals surface area (Å²) in [6, 6.07) is 7.66. The number of para-hydroxylation sites is 1. The smallest absolute Gasteiger partial charge is 0.407 e. The lowest BCUT2D eigenvalue weighted by Crippen LogP contribution is -2.58. The Hall–Kier alpha value is -2.61. The fourth-order valence-corrected chi connectivity index (χ4v) is 4.12. The first-order valence-corrected chi connectivity index (χ1v) is 11.0. The molecule has 0 radical (unpaired) electrons. The Morgan fingerprint density at radius 2 is 1.97 bits per heavy atom. The van der Waals surface area contributed by atoms with Crippen LogP contribution in [0.1, 0.15) is 39.2 Å². The summed E-state index contributed by atoms with van der Waals surface area (Å²) in [7, 11) is 2.01. The summed E-state index contributed by atoms with van der Waals surface area (Å²) in [6.45, 7) is 7.85. The molecule has 2 aliphatic heterocycles. The first kappa shape index (κ1) is 23.1. The van der Waals surface area contributed by atoms with Crippen molar-refractivity contribution in [2.75, 3.05) is 38.5 Å². The molecule has 3 rings (SSSR count). The molecule has 31 heavy (non-hydrogen) atoms. The van der Waals surface area contributed by atoms with Crippen molar-refractivity contribution in [2.45, 2.75) is 51.7 Å². The fraction of sp³-hybridized carbons (Fsp3) is 0.609. The summed E-state index contributed by atoms with van der Waals surface area (Å²) in [5, 5.41) is 5.74. The lowest BCUT2D eigenvalue weighted by molar-refractivity contribution is -0.136. The van der Waals surface area contributed by atoms with Gasteiger partial charge in [0.05, 0.1) is 6.04 Å². The second-order valence-electron chi connectivity index (χ2n) is 9.47. The van der Waals surface area contributed by atoms with E-state index in [1.807, 2.05) is 57.0 Å². The lowest BCUT2D eigenvalue weighted by Gasteiger charge is -2.40. The average Bonchev–Trinajstić information content (AvgIpc) is 2.69. The Morgan fingerprint density at radius 3 is 2.71 bits per heavy atom. The summed E-state index contributed by atoms with van der Waals surface area (Å²) in [5.41, 5.74) is 1.41. The highest BCUT2D eigenvalue weighted by molar-refractivity contribution is 5.96. The van der Waals surface area contributed by atoms with Crippen molar-refractivity contribution in [3.63, 3.8) is 0 Å². The average molecular weight is 431 g/mol. The molecule has 1 saturated heterocycles. The number of likely N-dealkylation sites (N-methyl/N-ethyl adjacent to an activating group) is 1. The van der Waals surface area contributed by atoms with Gasteiger partial charge in [0.15, 0.2) is 0 Å². The molecule has 0 saturated carbocycles. The third-order valence-corrected chi connectivity index (χ3v) is 5.71. The molecule has 8 heteroatoms. The number of nitrogens with one attached hydrogen (secondary N) is 2. The number of anilines is 1. The number of nitrogens with zero attached hydrogens (tertiary/aromatic N) is 2. The molecule has 2 aliphatic rings. The maximum absolute atomic E-state index is 13.0. The minimum absolute atomic E-state index is 0.0204. The monoisotopic (exact) mass is 430 g/mol. The van der Waals surface area contributed by atoms with Crippen LogP contribution < -0.4 is 10.6 Å². The molecule has 0 aromatic heterocycles. The van der Waals surface area contributed by atoms with Gasteiger partial charge in [-0.25, -0.2) is 4.79 Å². The highest BCUT2D eigenvalue weighted by Crippen LogP contribution is 2.28. The molecule has 2 heterocycles. The second kappa shape index (κ2) is 9.68. The molecule has 0 spiro atoms. The van der Waals surface area contributed by atoms with Gasteiger partial charge in [-0.3, -0.25) is 9.59 Å². The maximum atomic E-state index is 13.0. The quantitative estimate of drug-likeness (QED) is 0.748.